The fourth-order valence-electron chi connectivity index (χ4n) is 1.55. The van der Waals surface area contributed by atoms with E-state index in [4.69, 9.17) is 16.0 Å². The van der Waals surface area contributed by atoms with Crippen LogP contribution in [0.25, 0.3) is 0 Å². The second-order valence-electron chi connectivity index (χ2n) is 3.98. The van der Waals surface area contributed by atoms with Gasteiger partial charge in [0.25, 0.3) is 0 Å². The van der Waals surface area contributed by atoms with Crippen LogP contribution in [-0.4, -0.2) is 16.7 Å². The molecule has 0 aliphatic carbocycles. The first kappa shape index (κ1) is 13.8. The summed E-state index contributed by atoms with van der Waals surface area (Å²) >= 11 is 5.69. The van der Waals surface area contributed by atoms with E-state index in [-0.39, 0.29) is 17.1 Å². The maximum absolute atomic E-state index is 13.0. The highest BCUT2D eigenvalue weighted by atomic mass is 35.5. The van der Waals surface area contributed by atoms with E-state index in [0.717, 1.165) is 6.54 Å². The molecule has 0 aliphatic rings. The lowest BCUT2D eigenvalue weighted by atomic mass is 10.3. The van der Waals surface area contributed by atoms with Gasteiger partial charge in [-0.2, -0.15) is 0 Å². The van der Waals surface area contributed by atoms with Crippen LogP contribution < -0.4 is 10.6 Å². The van der Waals surface area contributed by atoms with Crippen LogP contribution in [0.2, 0.25) is 5.02 Å². The minimum atomic E-state index is -0.473. The van der Waals surface area contributed by atoms with Gasteiger partial charge in [0, 0.05) is 5.69 Å². The van der Waals surface area contributed by atoms with Crippen LogP contribution in [0, 0.1) is 5.82 Å². The molecule has 2 aromatic rings. The first-order chi connectivity index (χ1) is 9.10. The van der Waals surface area contributed by atoms with E-state index in [1.807, 2.05) is 13.8 Å². The summed E-state index contributed by atoms with van der Waals surface area (Å²) in [5, 5.41) is 13.8. The van der Waals surface area contributed by atoms with Crippen molar-refractivity contribution < 1.29 is 8.81 Å². The Morgan fingerprint density at radius 3 is 2.89 bits per heavy atom. The number of nitrogens with zero attached hydrogens (tertiary/aromatic N) is 2. The van der Waals surface area contributed by atoms with Gasteiger partial charge in [-0.05, 0) is 31.7 Å². The van der Waals surface area contributed by atoms with Crippen molar-refractivity contribution in [2.24, 2.45) is 0 Å². The summed E-state index contributed by atoms with van der Waals surface area (Å²) in [4.78, 5) is 0. The summed E-state index contributed by atoms with van der Waals surface area (Å²) in [5.74, 6) is 0.0109. The van der Waals surface area contributed by atoms with Crippen molar-refractivity contribution in [3.05, 3.63) is 34.9 Å². The summed E-state index contributed by atoms with van der Waals surface area (Å²) < 4.78 is 18.5. The number of anilines is 2. The molecule has 0 aliphatic heterocycles. The highest BCUT2D eigenvalue weighted by Crippen LogP contribution is 2.23. The van der Waals surface area contributed by atoms with Crippen LogP contribution in [-0.2, 0) is 0 Å². The molecule has 0 bridgehead atoms. The van der Waals surface area contributed by atoms with E-state index in [0.29, 0.717) is 11.6 Å². The first-order valence-electron chi connectivity index (χ1n) is 5.89. The number of halogens is 2. The van der Waals surface area contributed by atoms with Crippen LogP contribution in [0.4, 0.5) is 16.1 Å². The lowest BCUT2D eigenvalue weighted by molar-refractivity contribution is 0.430. The molecule has 1 unspecified atom stereocenters. The van der Waals surface area contributed by atoms with Gasteiger partial charge in [0.2, 0.25) is 5.89 Å². The molecule has 1 aromatic heterocycles. The molecular weight excluding hydrogens is 271 g/mol. The minimum Gasteiger partial charge on any atom is -0.406 e. The van der Waals surface area contributed by atoms with Crippen molar-refractivity contribution >= 4 is 23.3 Å². The minimum absolute atomic E-state index is 0.0233. The number of hydrogen-bond acceptors (Lipinski definition) is 5. The van der Waals surface area contributed by atoms with Gasteiger partial charge in [0.1, 0.15) is 5.82 Å². The quantitative estimate of drug-likeness (QED) is 0.882. The number of benzene rings is 1. The number of aromatic nitrogens is 2. The first-order valence-corrected chi connectivity index (χ1v) is 6.26. The Bertz CT molecular complexity index is 560. The molecule has 0 fully saturated rings. The van der Waals surface area contributed by atoms with Crippen molar-refractivity contribution in [1.29, 1.82) is 0 Å². The van der Waals surface area contributed by atoms with E-state index >= 15 is 0 Å². The van der Waals surface area contributed by atoms with Gasteiger partial charge in [-0.15, -0.1) is 5.10 Å². The topological polar surface area (TPSA) is 63.0 Å². The Hall–Kier alpha value is -1.66. The van der Waals surface area contributed by atoms with Crippen LogP contribution in [0.3, 0.4) is 0 Å². The van der Waals surface area contributed by atoms with E-state index in [1.165, 1.54) is 12.1 Å². The maximum Gasteiger partial charge on any atom is 0.320 e. The van der Waals surface area contributed by atoms with Crippen molar-refractivity contribution in [3.8, 4) is 0 Å². The summed E-state index contributed by atoms with van der Waals surface area (Å²) in [6, 6.07) is 4.48. The molecule has 5 nitrogen and oxygen atoms in total. The standard InChI is InChI=1S/C12H14ClFN4O/c1-3-15-7(2)11-17-18-12(19-11)16-8-4-5-10(14)9(13)6-8/h4-7,15H,3H2,1-2H3,(H,16,18). The fraction of sp³-hybridized carbons (Fsp3) is 0.333. The highest BCUT2D eigenvalue weighted by Gasteiger charge is 2.13. The fourth-order valence-corrected chi connectivity index (χ4v) is 1.73. The molecule has 19 heavy (non-hydrogen) atoms. The van der Waals surface area contributed by atoms with Gasteiger partial charge in [0.15, 0.2) is 0 Å². The predicted molar refractivity (Wildman–Crippen MR) is 71.1 cm³/mol. The molecule has 2 rings (SSSR count). The van der Waals surface area contributed by atoms with Crippen LogP contribution in [0.5, 0.6) is 0 Å². The zero-order valence-corrected chi connectivity index (χ0v) is 11.3. The Kier molecular flexibility index (Phi) is 4.34. The normalized spacial score (nSPS) is 12.4. The van der Waals surface area contributed by atoms with Crippen LogP contribution >= 0.6 is 11.6 Å². The second-order valence-corrected chi connectivity index (χ2v) is 4.39. The lowest BCUT2D eigenvalue weighted by Gasteiger charge is -2.06. The maximum atomic E-state index is 13.0. The summed E-state index contributed by atoms with van der Waals surface area (Å²) in [6.07, 6.45) is 0. The van der Waals surface area contributed by atoms with Gasteiger partial charge in [-0.25, -0.2) is 4.39 Å². The van der Waals surface area contributed by atoms with Gasteiger partial charge in [-0.1, -0.05) is 23.6 Å². The largest absolute Gasteiger partial charge is 0.406 e. The van der Waals surface area contributed by atoms with E-state index in [1.54, 1.807) is 6.07 Å². The third kappa shape index (κ3) is 3.42. The number of hydrogen-bond donors (Lipinski definition) is 2. The van der Waals surface area contributed by atoms with Crippen molar-refractivity contribution in [2.45, 2.75) is 19.9 Å². The van der Waals surface area contributed by atoms with Crippen LogP contribution in [0.1, 0.15) is 25.8 Å². The Labute approximate surface area is 115 Å². The predicted octanol–water partition coefficient (Wildman–Crippen LogP) is 3.28. The zero-order chi connectivity index (χ0) is 13.8. The van der Waals surface area contributed by atoms with Crippen LogP contribution in [0.15, 0.2) is 22.6 Å². The molecule has 0 saturated heterocycles. The van der Waals surface area contributed by atoms with E-state index in [9.17, 15) is 4.39 Å². The molecule has 1 aromatic carbocycles. The van der Waals surface area contributed by atoms with Gasteiger partial charge >= 0.3 is 6.01 Å². The summed E-state index contributed by atoms with van der Waals surface area (Å²) in [5.41, 5.74) is 0.581. The molecule has 102 valence electrons. The Morgan fingerprint density at radius 2 is 2.21 bits per heavy atom. The monoisotopic (exact) mass is 284 g/mol. The average Bonchev–Trinajstić information content (AvgIpc) is 2.83. The van der Waals surface area contributed by atoms with Crippen molar-refractivity contribution in [3.63, 3.8) is 0 Å². The molecule has 2 N–H and O–H groups in total. The Morgan fingerprint density at radius 1 is 1.42 bits per heavy atom. The van der Waals surface area contributed by atoms with Gasteiger partial charge in [0.05, 0.1) is 11.1 Å². The highest BCUT2D eigenvalue weighted by molar-refractivity contribution is 6.31. The lowest BCUT2D eigenvalue weighted by Crippen LogP contribution is -2.17. The SMILES string of the molecule is CCNC(C)c1nnc(Nc2ccc(F)c(Cl)c2)o1. The van der Waals surface area contributed by atoms with Crippen molar-refractivity contribution in [1.82, 2.24) is 15.5 Å². The molecule has 0 radical (unpaired) electrons. The van der Waals surface area contributed by atoms with Gasteiger partial charge in [-0.3, -0.25) is 0 Å². The third-order valence-corrected chi connectivity index (χ3v) is 2.78. The molecular formula is C12H14ClFN4O. The smallest absolute Gasteiger partial charge is 0.320 e. The third-order valence-electron chi connectivity index (χ3n) is 2.49. The van der Waals surface area contributed by atoms with Crippen molar-refractivity contribution in [2.75, 3.05) is 11.9 Å². The van der Waals surface area contributed by atoms with E-state index in [2.05, 4.69) is 20.8 Å². The second kappa shape index (κ2) is 5.99. The zero-order valence-electron chi connectivity index (χ0n) is 10.6. The molecule has 0 amide bonds. The molecule has 0 spiro atoms. The average molecular weight is 285 g/mol. The van der Waals surface area contributed by atoms with E-state index < -0.39 is 5.82 Å². The number of nitrogens with one attached hydrogen (secondary N) is 2. The molecule has 0 saturated carbocycles. The molecule has 7 heteroatoms. The Balaban J connectivity index is 2.09. The summed E-state index contributed by atoms with van der Waals surface area (Å²) in [7, 11) is 0. The number of rotatable bonds is 5. The molecule has 1 atom stereocenters. The summed E-state index contributed by atoms with van der Waals surface area (Å²) in [6.45, 7) is 4.72. The van der Waals surface area contributed by atoms with Gasteiger partial charge < -0.3 is 15.1 Å². The molecule has 1 heterocycles.